The van der Waals surface area contributed by atoms with Gasteiger partial charge in [0.1, 0.15) is 0 Å². The van der Waals surface area contributed by atoms with Crippen molar-refractivity contribution in [3.05, 3.63) is 30.1 Å². The molecule has 1 saturated heterocycles. The number of carboxylic acid groups (broad SMARTS) is 1. The highest BCUT2D eigenvalue weighted by Gasteiger charge is 2.39. The molecule has 140 valence electrons. The zero-order valence-electron chi connectivity index (χ0n) is 14.8. The van der Waals surface area contributed by atoms with E-state index in [1.807, 2.05) is 12.1 Å². The van der Waals surface area contributed by atoms with Gasteiger partial charge in [0.25, 0.3) is 0 Å². The Kier molecular flexibility index (Phi) is 5.85. The lowest BCUT2D eigenvalue weighted by molar-refractivity contribution is -0.149. The molecule has 0 unspecified atom stereocenters. The highest BCUT2D eigenvalue weighted by molar-refractivity contribution is 5.84. The fraction of sp³-hybridized carbons (Fsp3) is 0.579. The van der Waals surface area contributed by atoms with Crippen LogP contribution in [0.5, 0.6) is 0 Å². The molecule has 0 radical (unpaired) electrons. The maximum atomic E-state index is 12.7. The Bertz CT molecular complexity index is 658. The van der Waals surface area contributed by atoms with Gasteiger partial charge in [-0.2, -0.15) is 0 Å². The molecule has 2 N–H and O–H groups in total. The summed E-state index contributed by atoms with van der Waals surface area (Å²) in [5.41, 5.74) is 0.929. The molecule has 1 aromatic heterocycles. The van der Waals surface area contributed by atoms with E-state index >= 15 is 0 Å². The number of nitrogens with zero attached hydrogens (tertiary/aromatic N) is 2. The van der Waals surface area contributed by atoms with E-state index in [1.54, 1.807) is 17.3 Å². The molecule has 7 heteroatoms. The van der Waals surface area contributed by atoms with Crippen LogP contribution in [-0.2, 0) is 20.9 Å². The standard InChI is InChI=1S/C19H25N3O4/c23-17(21-10-13-5-7-20-8-6-13)15-9-16(19(25)26)12-22(11-15)18(24)14-3-1-2-4-14/h5-8,14-16H,1-4,9-12H2,(H,21,23)(H,25,26)/t15-,16-/m0/s1. The fourth-order valence-corrected chi connectivity index (χ4v) is 3.91. The number of carbonyl (C=O) groups excluding carboxylic acids is 2. The van der Waals surface area contributed by atoms with Gasteiger partial charge in [0.05, 0.1) is 11.8 Å². The van der Waals surface area contributed by atoms with E-state index in [0.29, 0.717) is 13.1 Å². The average molecular weight is 359 g/mol. The van der Waals surface area contributed by atoms with E-state index < -0.39 is 17.8 Å². The maximum absolute atomic E-state index is 12.7. The van der Waals surface area contributed by atoms with Crippen LogP contribution in [0.1, 0.15) is 37.7 Å². The van der Waals surface area contributed by atoms with Crippen molar-refractivity contribution in [2.45, 2.75) is 38.6 Å². The highest BCUT2D eigenvalue weighted by Crippen LogP contribution is 2.30. The van der Waals surface area contributed by atoms with Crippen LogP contribution < -0.4 is 5.32 Å². The first-order valence-corrected chi connectivity index (χ1v) is 9.23. The summed E-state index contributed by atoms with van der Waals surface area (Å²) in [5, 5.41) is 12.3. The van der Waals surface area contributed by atoms with E-state index in [9.17, 15) is 19.5 Å². The second kappa shape index (κ2) is 8.29. The van der Waals surface area contributed by atoms with Crippen LogP contribution in [0.15, 0.2) is 24.5 Å². The van der Waals surface area contributed by atoms with Crippen molar-refractivity contribution in [2.24, 2.45) is 17.8 Å². The van der Waals surface area contributed by atoms with Crippen molar-refractivity contribution in [2.75, 3.05) is 13.1 Å². The normalized spacial score (nSPS) is 23.6. The average Bonchev–Trinajstić information content (AvgIpc) is 3.20. The largest absolute Gasteiger partial charge is 0.481 e. The monoisotopic (exact) mass is 359 g/mol. The summed E-state index contributed by atoms with van der Waals surface area (Å²) >= 11 is 0. The molecular formula is C19H25N3O4. The highest BCUT2D eigenvalue weighted by atomic mass is 16.4. The maximum Gasteiger partial charge on any atom is 0.308 e. The quantitative estimate of drug-likeness (QED) is 0.829. The fourth-order valence-electron chi connectivity index (χ4n) is 3.91. The van der Waals surface area contributed by atoms with Crippen LogP contribution in [0.2, 0.25) is 0 Å². The van der Waals surface area contributed by atoms with Gasteiger partial charge in [-0.05, 0) is 37.0 Å². The molecule has 0 spiro atoms. The van der Waals surface area contributed by atoms with E-state index in [-0.39, 0.29) is 30.7 Å². The van der Waals surface area contributed by atoms with Gasteiger partial charge in [-0.25, -0.2) is 0 Å². The summed E-state index contributed by atoms with van der Waals surface area (Å²) in [6.45, 7) is 0.881. The van der Waals surface area contributed by atoms with Crippen LogP contribution in [0, 0.1) is 17.8 Å². The minimum Gasteiger partial charge on any atom is -0.481 e. The molecule has 2 atom stereocenters. The Morgan fingerprint density at radius 1 is 1.08 bits per heavy atom. The molecule has 26 heavy (non-hydrogen) atoms. The molecule has 3 rings (SSSR count). The SMILES string of the molecule is O=C(O)[C@H]1C[C@H](C(=O)NCc2ccncc2)CN(C(=O)C2CCCC2)C1. The molecule has 2 aliphatic rings. The molecule has 2 amide bonds. The van der Waals surface area contributed by atoms with Crippen molar-refractivity contribution in [3.63, 3.8) is 0 Å². The second-order valence-corrected chi connectivity index (χ2v) is 7.27. The molecule has 2 fully saturated rings. The number of piperidine rings is 1. The number of aliphatic carboxylic acids is 1. The minimum atomic E-state index is -0.944. The summed E-state index contributed by atoms with van der Waals surface area (Å²) in [6.07, 6.45) is 7.41. The first-order valence-electron chi connectivity index (χ1n) is 9.23. The minimum absolute atomic E-state index is 0.0110. The third kappa shape index (κ3) is 4.39. The van der Waals surface area contributed by atoms with Gasteiger partial charge in [0.2, 0.25) is 11.8 Å². The number of pyridine rings is 1. The van der Waals surface area contributed by atoms with Gasteiger partial charge in [0, 0.05) is 37.9 Å². The predicted molar refractivity (Wildman–Crippen MR) is 93.9 cm³/mol. The Labute approximate surface area is 152 Å². The number of likely N-dealkylation sites (tertiary alicyclic amines) is 1. The number of amides is 2. The van der Waals surface area contributed by atoms with Gasteiger partial charge in [-0.1, -0.05) is 12.8 Å². The topological polar surface area (TPSA) is 99.6 Å². The number of hydrogen-bond donors (Lipinski definition) is 2. The molecule has 0 aromatic carbocycles. The molecule has 2 heterocycles. The van der Waals surface area contributed by atoms with Crippen LogP contribution in [0.3, 0.4) is 0 Å². The zero-order chi connectivity index (χ0) is 18.5. The van der Waals surface area contributed by atoms with Crippen LogP contribution in [-0.4, -0.2) is 45.9 Å². The lowest BCUT2D eigenvalue weighted by Gasteiger charge is -2.36. The number of rotatable bonds is 5. The number of aromatic nitrogens is 1. The van der Waals surface area contributed by atoms with E-state index in [2.05, 4.69) is 10.3 Å². The van der Waals surface area contributed by atoms with Crippen molar-refractivity contribution in [3.8, 4) is 0 Å². The molecule has 7 nitrogen and oxygen atoms in total. The van der Waals surface area contributed by atoms with E-state index in [0.717, 1.165) is 31.2 Å². The second-order valence-electron chi connectivity index (χ2n) is 7.27. The summed E-state index contributed by atoms with van der Waals surface area (Å²) in [5.74, 6) is -2.32. The van der Waals surface area contributed by atoms with Crippen LogP contribution in [0.4, 0.5) is 0 Å². The zero-order valence-corrected chi connectivity index (χ0v) is 14.8. The van der Waals surface area contributed by atoms with Gasteiger partial charge >= 0.3 is 5.97 Å². The third-order valence-electron chi connectivity index (χ3n) is 5.40. The summed E-state index contributed by atoms with van der Waals surface area (Å²) in [7, 11) is 0. The van der Waals surface area contributed by atoms with Gasteiger partial charge < -0.3 is 15.3 Å². The Hall–Kier alpha value is -2.44. The molecule has 1 aromatic rings. The summed E-state index contributed by atoms with van der Waals surface area (Å²) < 4.78 is 0. The van der Waals surface area contributed by atoms with Gasteiger partial charge in [-0.3, -0.25) is 19.4 Å². The van der Waals surface area contributed by atoms with Gasteiger partial charge in [0.15, 0.2) is 0 Å². The van der Waals surface area contributed by atoms with Crippen molar-refractivity contribution < 1.29 is 19.5 Å². The lowest BCUT2D eigenvalue weighted by Crippen LogP contribution is -2.51. The number of carboxylic acids is 1. The van der Waals surface area contributed by atoms with Crippen LogP contribution >= 0.6 is 0 Å². The van der Waals surface area contributed by atoms with Gasteiger partial charge in [-0.15, -0.1) is 0 Å². The van der Waals surface area contributed by atoms with E-state index in [4.69, 9.17) is 0 Å². The Morgan fingerprint density at radius 3 is 2.38 bits per heavy atom. The number of carbonyl (C=O) groups is 3. The molecule has 1 aliphatic heterocycles. The predicted octanol–water partition coefficient (Wildman–Crippen LogP) is 1.44. The van der Waals surface area contributed by atoms with Crippen molar-refractivity contribution >= 4 is 17.8 Å². The Morgan fingerprint density at radius 2 is 1.73 bits per heavy atom. The molecule has 1 aliphatic carbocycles. The molecule has 0 bridgehead atoms. The van der Waals surface area contributed by atoms with Crippen LogP contribution in [0.25, 0.3) is 0 Å². The first kappa shape index (κ1) is 18.4. The van der Waals surface area contributed by atoms with Crippen molar-refractivity contribution in [1.82, 2.24) is 15.2 Å². The number of nitrogens with one attached hydrogen (secondary N) is 1. The Balaban J connectivity index is 1.63. The molecular weight excluding hydrogens is 334 g/mol. The van der Waals surface area contributed by atoms with E-state index in [1.165, 1.54) is 0 Å². The van der Waals surface area contributed by atoms with Crippen molar-refractivity contribution in [1.29, 1.82) is 0 Å². The first-order chi connectivity index (χ1) is 12.5. The number of hydrogen-bond acceptors (Lipinski definition) is 4. The smallest absolute Gasteiger partial charge is 0.308 e. The molecule has 1 saturated carbocycles. The third-order valence-corrected chi connectivity index (χ3v) is 5.40. The lowest BCUT2D eigenvalue weighted by atomic mass is 9.87. The summed E-state index contributed by atoms with van der Waals surface area (Å²) in [6, 6.07) is 3.63. The summed E-state index contributed by atoms with van der Waals surface area (Å²) in [4.78, 5) is 42.3.